The van der Waals surface area contributed by atoms with E-state index in [1.165, 1.54) is 38.5 Å². The summed E-state index contributed by atoms with van der Waals surface area (Å²) in [6.45, 7) is 2.43. The lowest BCUT2D eigenvalue weighted by atomic mass is 10.1. The molecule has 0 aromatic carbocycles. The number of carbonyl (C=O) groups is 2. The van der Waals surface area contributed by atoms with Gasteiger partial charge in [-0.2, -0.15) is 0 Å². The van der Waals surface area contributed by atoms with Gasteiger partial charge in [0.2, 0.25) is 5.91 Å². The molecule has 0 unspecified atom stereocenters. The first-order valence-corrected chi connectivity index (χ1v) is 6.44. The molecule has 100 valence electrons. The zero-order valence-corrected chi connectivity index (χ0v) is 10.7. The summed E-state index contributed by atoms with van der Waals surface area (Å²) in [4.78, 5) is 25.0. The van der Waals surface area contributed by atoms with E-state index in [0.29, 0.717) is 6.42 Å². The lowest BCUT2D eigenvalue weighted by molar-refractivity contribution is -0.141. The third-order valence-electron chi connectivity index (χ3n) is 2.55. The monoisotopic (exact) mass is 244 g/mol. The minimum Gasteiger partial charge on any atom is -0.354 e. The molecular weight excluding hydrogens is 220 g/mol. The summed E-state index contributed by atoms with van der Waals surface area (Å²) in [7, 11) is 0. The number of rotatable bonds is 12. The van der Waals surface area contributed by atoms with E-state index in [1.54, 1.807) is 0 Å². The highest BCUT2D eigenvalue weighted by atomic mass is 16.7. The fraction of sp³-hybridized carbons (Fsp3) is 0.833. The summed E-state index contributed by atoms with van der Waals surface area (Å²) in [6, 6.07) is 0. The van der Waals surface area contributed by atoms with Crippen LogP contribution in [0.4, 0.5) is 0 Å². The Bertz CT molecular complexity index is 198. The Morgan fingerprint density at radius 3 is 2.24 bits per heavy atom. The van der Waals surface area contributed by atoms with Crippen molar-refractivity contribution in [1.29, 1.82) is 0 Å². The normalized spacial score (nSPS) is 9.94. The van der Waals surface area contributed by atoms with E-state index in [2.05, 4.69) is 17.2 Å². The summed E-state index contributed by atoms with van der Waals surface area (Å²) in [6.07, 6.45) is 10.1. The minimum atomic E-state index is -0.155. The predicted octanol–water partition coefficient (Wildman–Crippen LogP) is 2.23. The van der Waals surface area contributed by atoms with Gasteiger partial charge < -0.3 is 4.84 Å². The molecule has 0 fully saturated rings. The van der Waals surface area contributed by atoms with Gasteiger partial charge in [0, 0.05) is 6.42 Å². The maximum Gasteiger partial charge on any atom is 0.315 e. The fourth-order valence-electron chi connectivity index (χ4n) is 1.59. The van der Waals surface area contributed by atoms with E-state index in [0.717, 1.165) is 12.8 Å². The average molecular weight is 244 g/mol. The van der Waals surface area contributed by atoms with Crippen LogP contribution in [-0.2, 0) is 14.4 Å². The number of amides is 1. The Labute approximate surface area is 103 Å². The number of hydrazine groups is 1. The van der Waals surface area contributed by atoms with Crippen molar-refractivity contribution in [3.63, 3.8) is 0 Å². The van der Waals surface area contributed by atoms with E-state index in [-0.39, 0.29) is 12.4 Å². The summed E-state index contributed by atoms with van der Waals surface area (Å²) in [5, 5.41) is 0. The number of nitrogens with one attached hydrogen (secondary N) is 2. The highest BCUT2D eigenvalue weighted by Crippen LogP contribution is 2.09. The number of hydrogen-bond donors (Lipinski definition) is 2. The molecule has 5 nitrogen and oxygen atoms in total. The van der Waals surface area contributed by atoms with E-state index < -0.39 is 0 Å². The van der Waals surface area contributed by atoms with Crippen LogP contribution in [0.15, 0.2) is 0 Å². The van der Waals surface area contributed by atoms with Crippen molar-refractivity contribution in [2.75, 3.05) is 0 Å². The van der Waals surface area contributed by atoms with Crippen molar-refractivity contribution in [3.05, 3.63) is 0 Å². The van der Waals surface area contributed by atoms with Crippen LogP contribution in [0.1, 0.15) is 64.7 Å². The molecule has 0 spiro atoms. The summed E-state index contributed by atoms with van der Waals surface area (Å²) < 4.78 is 0. The lowest BCUT2D eigenvalue weighted by Crippen LogP contribution is -2.36. The van der Waals surface area contributed by atoms with Gasteiger partial charge in [0.25, 0.3) is 0 Å². The molecular formula is C12H24N2O3. The van der Waals surface area contributed by atoms with Gasteiger partial charge in [-0.15, -0.1) is 0 Å². The van der Waals surface area contributed by atoms with Crippen molar-refractivity contribution in [2.24, 2.45) is 0 Å². The van der Waals surface area contributed by atoms with Crippen molar-refractivity contribution >= 4 is 12.4 Å². The second-order valence-corrected chi connectivity index (χ2v) is 4.09. The third kappa shape index (κ3) is 12.8. The second kappa shape index (κ2) is 13.0. The Balaban J connectivity index is 3.11. The van der Waals surface area contributed by atoms with E-state index in [9.17, 15) is 9.59 Å². The van der Waals surface area contributed by atoms with Crippen LogP contribution in [-0.4, -0.2) is 12.4 Å². The predicted molar refractivity (Wildman–Crippen MR) is 65.7 cm³/mol. The average Bonchev–Trinajstić information content (AvgIpc) is 2.33. The minimum absolute atomic E-state index is 0.155. The molecule has 0 atom stereocenters. The standard InChI is InChI=1S/C12H24N2O3/c1-2-3-4-5-6-7-8-9-10-12(16)13-14-17-11-15/h11,14H,2-10H2,1H3,(H,13,16). The molecule has 0 aliphatic rings. The third-order valence-corrected chi connectivity index (χ3v) is 2.55. The zero-order valence-electron chi connectivity index (χ0n) is 10.7. The highest BCUT2D eigenvalue weighted by molar-refractivity contribution is 5.75. The molecule has 0 radical (unpaired) electrons. The quantitative estimate of drug-likeness (QED) is 0.314. The molecule has 0 heterocycles. The molecule has 1 amide bonds. The Hall–Kier alpha value is -1.10. The van der Waals surface area contributed by atoms with E-state index >= 15 is 0 Å². The molecule has 0 aromatic heterocycles. The van der Waals surface area contributed by atoms with Crippen LogP contribution in [0.25, 0.3) is 0 Å². The number of carbonyl (C=O) groups excluding carboxylic acids is 2. The van der Waals surface area contributed by atoms with Gasteiger partial charge in [0.15, 0.2) is 0 Å². The van der Waals surface area contributed by atoms with Gasteiger partial charge in [-0.3, -0.25) is 15.0 Å². The van der Waals surface area contributed by atoms with Crippen LogP contribution in [0.5, 0.6) is 0 Å². The Morgan fingerprint density at radius 2 is 1.65 bits per heavy atom. The maximum absolute atomic E-state index is 11.1. The van der Waals surface area contributed by atoms with E-state index in [4.69, 9.17) is 0 Å². The molecule has 0 bridgehead atoms. The van der Waals surface area contributed by atoms with Crippen molar-refractivity contribution in [1.82, 2.24) is 11.0 Å². The first-order chi connectivity index (χ1) is 8.31. The summed E-state index contributed by atoms with van der Waals surface area (Å²) in [5.74, 6) is -0.155. The van der Waals surface area contributed by atoms with Crippen LogP contribution in [0, 0.1) is 0 Å². The Morgan fingerprint density at radius 1 is 1.06 bits per heavy atom. The maximum atomic E-state index is 11.1. The molecule has 0 aliphatic carbocycles. The first kappa shape index (κ1) is 15.9. The zero-order chi connectivity index (χ0) is 12.8. The number of unbranched alkanes of at least 4 members (excludes halogenated alkanes) is 7. The SMILES string of the molecule is CCCCCCCCCCC(=O)NNOC=O. The highest BCUT2D eigenvalue weighted by Gasteiger charge is 1.99. The van der Waals surface area contributed by atoms with Crippen LogP contribution >= 0.6 is 0 Å². The van der Waals surface area contributed by atoms with Gasteiger partial charge in [0.05, 0.1) is 0 Å². The van der Waals surface area contributed by atoms with Gasteiger partial charge in [-0.25, -0.2) is 0 Å². The van der Waals surface area contributed by atoms with Gasteiger partial charge in [-0.1, -0.05) is 57.5 Å². The fourth-order valence-corrected chi connectivity index (χ4v) is 1.59. The summed E-state index contributed by atoms with van der Waals surface area (Å²) in [5.41, 5.74) is 4.30. The Kier molecular flexibility index (Phi) is 12.1. The van der Waals surface area contributed by atoms with Crippen LogP contribution < -0.4 is 11.0 Å². The lowest BCUT2D eigenvalue weighted by Gasteiger charge is -2.04. The van der Waals surface area contributed by atoms with Crippen LogP contribution in [0.3, 0.4) is 0 Å². The second-order valence-electron chi connectivity index (χ2n) is 4.09. The molecule has 5 heteroatoms. The topological polar surface area (TPSA) is 67.4 Å². The van der Waals surface area contributed by atoms with Gasteiger partial charge >= 0.3 is 6.47 Å². The number of hydrogen-bond acceptors (Lipinski definition) is 4. The first-order valence-electron chi connectivity index (χ1n) is 6.44. The van der Waals surface area contributed by atoms with Crippen LogP contribution in [0.2, 0.25) is 0 Å². The molecule has 0 saturated carbocycles. The van der Waals surface area contributed by atoms with Crippen molar-refractivity contribution < 1.29 is 14.4 Å². The van der Waals surface area contributed by atoms with Gasteiger partial charge in [0.1, 0.15) is 0 Å². The van der Waals surface area contributed by atoms with E-state index in [1.807, 2.05) is 5.59 Å². The molecule has 0 aromatic rings. The smallest absolute Gasteiger partial charge is 0.315 e. The molecule has 0 aliphatic heterocycles. The summed E-state index contributed by atoms with van der Waals surface area (Å²) >= 11 is 0. The van der Waals surface area contributed by atoms with Gasteiger partial charge in [-0.05, 0) is 6.42 Å². The molecule has 0 rings (SSSR count). The molecule has 17 heavy (non-hydrogen) atoms. The molecule has 2 N–H and O–H groups in total. The molecule has 0 saturated heterocycles. The van der Waals surface area contributed by atoms with Crippen molar-refractivity contribution in [2.45, 2.75) is 64.7 Å². The van der Waals surface area contributed by atoms with Crippen molar-refractivity contribution in [3.8, 4) is 0 Å². The largest absolute Gasteiger partial charge is 0.354 e.